The van der Waals surface area contributed by atoms with Gasteiger partial charge in [0, 0.05) is 0 Å². The van der Waals surface area contributed by atoms with E-state index >= 15 is 0 Å². The standard InChI is InChI=1S/C19H17NO2S2/c1-11-5-4-6-12(2)16(11)20-18(22)17(24-19(20)23)13(3)14-7-9-15(21)10-8-14/h4-10,21H,1-3H3/b17-13-. The first-order valence-corrected chi connectivity index (χ1v) is 8.75. The van der Waals surface area contributed by atoms with Gasteiger partial charge in [-0.2, -0.15) is 0 Å². The van der Waals surface area contributed by atoms with Crippen LogP contribution in [0.15, 0.2) is 47.4 Å². The zero-order valence-corrected chi connectivity index (χ0v) is 15.3. The summed E-state index contributed by atoms with van der Waals surface area (Å²) < 4.78 is 0.547. The summed E-state index contributed by atoms with van der Waals surface area (Å²) >= 11 is 6.81. The molecule has 2 aromatic carbocycles. The lowest BCUT2D eigenvalue weighted by molar-refractivity contribution is -0.113. The van der Waals surface area contributed by atoms with Crippen LogP contribution in [0, 0.1) is 13.8 Å². The second-order valence-corrected chi connectivity index (χ2v) is 7.39. The van der Waals surface area contributed by atoms with Crippen molar-refractivity contribution in [3.05, 3.63) is 64.1 Å². The summed E-state index contributed by atoms with van der Waals surface area (Å²) in [7, 11) is 0. The number of nitrogens with zero attached hydrogens (tertiary/aromatic N) is 1. The number of hydrogen-bond acceptors (Lipinski definition) is 4. The van der Waals surface area contributed by atoms with E-state index in [-0.39, 0.29) is 11.7 Å². The zero-order chi connectivity index (χ0) is 17.4. The number of phenolic OH excluding ortho intramolecular Hbond substituents is 1. The first-order valence-electron chi connectivity index (χ1n) is 7.53. The highest BCUT2D eigenvalue weighted by atomic mass is 32.2. The van der Waals surface area contributed by atoms with Gasteiger partial charge in [0.1, 0.15) is 5.75 Å². The van der Waals surface area contributed by atoms with Crippen LogP contribution in [0.2, 0.25) is 0 Å². The third-order valence-corrected chi connectivity index (χ3v) is 5.55. The summed E-state index contributed by atoms with van der Waals surface area (Å²) in [5.41, 5.74) is 4.68. The monoisotopic (exact) mass is 355 g/mol. The number of anilines is 1. The quantitative estimate of drug-likeness (QED) is 0.620. The van der Waals surface area contributed by atoms with Crippen molar-refractivity contribution >= 4 is 45.5 Å². The molecule has 1 fully saturated rings. The van der Waals surface area contributed by atoms with E-state index in [4.69, 9.17) is 12.2 Å². The minimum Gasteiger partial charge on any atom is -0.508 e. The van der Waals surface area contributed by atoms with E-state index in [2.05, 4.69) is 0 Å². The van der Waals surface area contributed by atoms with E-state index in [0.29, 0.717) is 9.23 Å². The van der Waals surface area contributed by atoms with Crippen molar-refractivity contribution in [2.45, 2.75) is 20.8 Å². The molecule has 0 radical (unpaired) electrons. The molecule has 5 heteroatoms. The van der Waals surface area contributed by atoms with Crippen LogP contribution in [0.5, 0.6) is 5.75 Å². The fourth-order valence-corrected chi connectivity index (χ4v) is 4.11. The van der Waals surface area contributed by atoms with Crippen molar-refractivity contribution in [3.63, 3.8) is 0 Å². The number of para-hydroxylation sites is 1. The Morgan fingerprint density at radius 1 is 1.08 bits per heavy atom. The van der Waals surface area contributed by atoms with Gasteiger partial charge in [-0.25, -0.2) is 0 Å². The number of aryl methyl sites for hydroxylation is 2. The first-order chi connectivity index (χ1) is 11.4. The van der Waals surface area contributed by atoms with E-state index in [1.807, 2.05) is 39.0 Å². The molecular weight excluding hydrogens is 338 g/mol. The van der Waals surface area contributed by atoms with Gasteiger partial charge >= 0.3 is 0 Å². The number of thiocarbonyl (C=S) groups is 1. The molecule has 0 aromatic heterocycles. The number of benzene rings is 2. The van der Waals surface area contributed by atoms with Gasteiger partial charge in [-0.15, -0.1) is 0 Å². The maximum Gasteiger partial charge on any atom is 0.271 e. The third kappa shape index (κ3) is 2.85. The summed E-state index contributed by atoms with van der Waals surface area (Å²) in [6, 6.07) is 12.8. The highest BCUT2D eigenvalue weighted by Gasteiger charge is 2.36. The maximum atomic E-state index is 13.0. The molecule has 1 amide bonds. The Hall–Kier alpha value is -2.11. The molecule has 3 rings (SSSR count). The number of phenols is 1. The fraction of sp³-hybridized carbons (Fsp3) is 0.158. The van der Waals surface area contributed by atoms with Crippen molar-refractivity contribution in [1.29, 1.82) is 0 Å². The number of carbonyl (C=O) groups excluding carboxylic acids is 1. The van der Waals surface area contributed by atoms with Crippen LogP contribution in [0.4, 0.5) is 5.69 Å². The summed E-state index contributed by atoms with van der Waals surface area (Å²) in [6.07, 6.45) is 0. The predicted octanol–water partition coefficient (Wildman–Crippen LogP) is 4.80. The van der Waals surface area contributed by atoms with Crippen LogP contribution < -0.4 is 4.90 Å². The first kappa shape index (κ1) is 16.7. The Labute approximate surface area is 151 Å². The van der Waals surface area contributed by atoms with Gasteiger partial charge in [0.05, 0.1) is 10.6 Å². The molecule has 2 aromatic rings. The molecule has 0 saturated carbocycles. The van der Waals surface area contributed by atoms with Crippen LogP contribution in [-0.2, 0) is 4.79 Å². The normalized spacial score (nSPS) is 16.7. The molecule has 1 aliphatic rings. The van der Waals surface area contributed by atoms with Crippen LogP contribution >= 0.6 is 24.0 Å². The smallest absolute Gasteiger partial charge is 0.271 e. The Bertz CT molecular complexity index is 849. The van der Waals surface area contributed by atoms with Crippen molar-refractivity contribution in [2.24, 2.45) is 0 Å². The fourth-order valence-electron chi connectivity index (χ4n) is 2.79. The molecule has 0 aliphatic carbocycles. The van der Waals surface area contributed by atoms with E-state index in [1.54, 1.807) is 29.2 Å². The van der Waals surface area contributed by atoms with Gasteiger partial charge in [-0.05, 0) is 55.2 Å². The number of thioether (sulfide) groups is 1. The summed E-state index contributed by atoms with van der Waals surface area (Å²) in [4.78, 5) is 15.3. The number of aromatic hydroxyl groups is 1. The van der Waals surface area contributed by atoms with Crippen LogP contribution in [-0.4, -0.2) is 15.3 Å². The molecular formula is C19H17NO2S2. The van der Waals surface area contributed by atoms with Crippen molar-refractivity contribution in [1.82, 2.24) is 0 Å². The Balaban J connectivity index is 2.06. The average Bonchev–Trinajstić information content (AvgIpc) is 2.83. The van der Waals surface area contributed by atoms with E-state index in [9.17, 15) is 9.90 Å². The third-order valence-electron chi connectivity index (χ3n) is 4.07. The maximum absolute atomic E-state index is 13.0. The van der Waals surface area contributed by atoms with Gasteiger partial charge in [-0.1, -0.05) is 54.3 Å². The van der Waals surface area contributed by atoms with Crippen molar-refractivity contribution in [2.75, 3.05) is 4.90 Å². The van der Waals surface area contributed by atoms with Crippen molar-refractivity contribution in [3.8, 4) is 5.75 Å². The lowest BCUT2D eigenvalue weighted by Gasteiger charge is -2.19. The summed E-state index contributed by atoms with van der Waals surface area (Å²) in [5, 5.41) is 9.43. The van der Waals surface area contributed by atoms with E-state index in [1.165, 1.54) is 11.8 Å². The highest BCUT2D eigenvalue weighted by Crippen LogP contribution is 2.41. The Morgan fingerprint density at radius 3 is 2.25 bits per heavy atom. The molecule has 3 nitrogen and oxygen atoms in total. The van der Waals surface area contributed by atoms with E-state index in [0.717, 1.165) is 28.0 Å². The number of amides is 1. The number of rotatable bonds is 2. The van der Waals surface area contributed by atoms with E-state index < -0.39 is 0 Å². The molecule has 122 valence electrons. The van der Waals surface area contributed by atoms with Crippen molar-refractivity contribution < 1.29 is 9.90 Å². The second kappa shape index (κ2) is 6.42. The highest BCUT2D eigenvalue weighted by molar-refractivity contribution is 8.27. The summed E-state index contributed by atoms with van der Waals surface area (Å²) in [5.74, 6) is 0.114. The molecule has 0 bridgehead atoms. The van der Waals surface area contributed by atoms with Crippen LogP contribution in [0.3, 0.4) is 0 Å². The lowest BCUT2D eigenvalue weighted by Crippen LogP contribution is -2.29. The van der Waals surface area contributed by atoms with Gasteiger partial charge in [0.15, 0.2) is 4.32 Å². The van der Waals surface area contributed by atoms with Gasteiger partial charge < -0.3 is 5.11 Å². The average molecular weight is 355 g/mol. The van der Waals surface area contributed by atoms with Gasteiger partial charge in [0.25, 0.3) is 5.91 Å². The minimum absolute atomic E-state index is 0.0898. The Morgan fingerprint density at radius 2 is 1.67 bits per heavy atom. The largest absolute Gasteiger partial charge is 0.508 e. The number of carbonyl (C=O) groups is 1. The van der Waals surface area contributed by atoms with Gasteiger partial charge in [-0.3, -0.25) is 9.69 Å². The molecule has 1 aliphatic heterocycles. The molecule has 1 saturated heterocycles. The molecule has 0 unspecified atom stereocenters. The molecule has 1 heterocycles. The van der Waals surface area contributed by atoms with Crippen LogP contribution in [0.25, 0.3) is 5.57 Å². The molecule has 0 atom stereocenters. The lowest BCUT2D eigenvalue weighted by atomic mass is 10.1. The zero-order valence-electron chi connectivity index (χ0n) is 13.7. The number of allylic oxidation sites excluding steroid dienone is 1. The SMILES string of the molecule is C/C(=C1/SC(=S)N(c2c(C)cccc2C)C1=O)c1ccc(O)cc1. The molecule has 24 heavy (non-hydrogen) atoms. The molecule has 0 spiro atoms. The van der Waals surface area contributed by atoms with Gasteiger partial charge in [0.2, 0.25) is 0 Å². The topological polar surface area (TPSA) is 40.5 Å². The summed E-state index contributed by atoms with van der Waals surface area (Å²) in [6.45, 7) is 5.87. The second-order valence-electron chi connectivity index (χ2n) is 5.75. The number of hydrogen-bond donors (Lipinski definition) is 1. The van der Waals surface area contributed by atoms with Crippen LogP contribution in [0.1, 0.15) is 23.6 Å². The Kier molecular flexibility index (Phi) is 4.47. The minimum atomic E-state index is -0.0898. The predicted molar refractivity (Wildman–Crippen MR) is 104 cm³/mol. The molecule has 1 N–H and O–H groups in total.